The number of ether oxygens (including phenoxy) is 1. The standard InChI is InChI=1S/C13H16ClNO2S/c1-13(2)8-15(5-6-17-13)12(16)10-7-9(18)3-4-11(10)14/h3-4,7,18H,5-6,8H2,1-2H3. The quantitative estimate of drug-likeness (QED) is 0.804. The fourth-order valence-electron chi connectivity index (χ4n) is 2.04. The molecule has 0 spiro atoms. The monoisotopic (exact) mass is 285 g/mol. The van der Waals surface area contributed by atoms with Crippen molar-refractivity contribution >= 4 is 30.1 Å². The van der Waals surface area contributed by atoms with Crippen molar-refractivity contribution in [3.8, 4) is 0 Å². The number of hydrogen-bond donors (Lipinski definition) is 1. The molecular formula is C13H16ClNO2S. The summed E-state index contributed by atoms with van der Waals surface area (Å²) in [6.07, 6.45) is 0. The maximum atomic E-state index is 12.4. The van der Waals surface area contributed by atoms with Gasteiger partial charge in [0.25, 0.3) is 5.91 Å². The molecule has 1 saturated heterocycles. The van der Waals surface area contributed by atoms with E-state index in [4.69, 9.17) is 16.3 Å². The first kappa shape index (κ1) is 13.7. The van der Waals surface area contributed by atoms with Crippen LogP contribution in [0.5, 0.6) is 0 Å². The summed E-state index contributed by atoms with van der Waals surface area (Å²) >= 11 is 10.3. The van der Waals surface area contributed by atoms with Crippen molar-refractivity contribution in [2.75, 3.05) is 19.7 Å². The molecule has 1 fully saturated rings. The number of thiol groups is 1. The number of amides is 1. The van der Waals surface area contributed by atoms with E-state index in [-0.39, 0.29) is 11.5 Å². The zero-order valence-electron chi connectivity index (χ0n) is 10.4. The summed E-state index contributed by atoms with van der Waals surface area (Å²) in [5.41, 5.74) is 0.195. The van der Waals surface area contributed by atoms with Gasteiger partial charge in [-0.05, 0) is 32.0 Å². The molecule has 1 aromatic carbocycles. The third-order valence-corrected chi connectivity index (χ3v) is 3.50. The van der Waals surface area contributed by atoms with E-state index in [1.54, 1.807) is 23.1 Å². The lowest BCUT2D eigenvalue weighted by atomic mass is 10.1. The van der Waals surface area contributed by atoms with Gasteiger partial charge in [0.1, 0.15) is 0 Å². The minimum atomic E-state index is -0.307. The normalized spacial score (nSPS) is 18.8. The van der Waals surface area contributed by atoms with Crippen LogP contribution in [0.25, 0.3) is 0 Å². The Kier molecular flexibility index (Phi) is 3.90. The van der Waals surface area contributed by atoms with E-state index in [0.717, 1.165) is 4.90 Å². The maximum absolute atomic E-state index is 12.4. The summed E-state index contributed by atoms with van der Waals surface area (Å²) < 4.78 is 5.59. The number of rotatable bonds is 1. The SMILES string of the molecule is CC1(C)CN(C(=O)c2cc(S)ccc2Cl)CCO1. The van der Waals surface area contributed by atoms with E-state index in [2.05, 4.69) is 12.6 Å². The fraction of sp³-hybridized carbons (Fsp3) is 0.462. The van der Waals surface area contributed by atoms with Gasteiger partial charge in [-0.1, -0.05) is 11.6 Å². The zero-order valence-corrected chi connectivity index (χ0v) is 12.1. The average Bonchev–Trinajstić information content (AvgIpc) is 2.30. The van der Waals surface area contributed by atoms with Crippen molar-refractivity contribution in [1.29, 1.82) is 0 Å². The summed E-state index contributed by atoms with van der Waals surface area (Å²) in [6, 6.07) is 5.17. The molecule has 1 aliphatic heterocycles. The molecule has 0 saturated carbocycles. The highest BCUT2D eigenvalue weighted by Crippen LogP contribution is 2.24. The Labute approximate surface area is 117 Å². The molecular weight excluding hydrogens is 270 g/mol. The molecule has 1 aliphatic rings. The molecule has 3 nitrogen and oxygen atoms in total. The zero-order chi connectivity index (χ0) is 13.3. The highest BCUT2D eigenvalue weighted by atomic mass is 35.5. The van der Waals surface area contributed by atoms with Crippen molar-refractivity contribution < 1.29 is 9.53 Å². The Balaban J connectivity index is 2.23. The average molecular weight is 286 g/mol. The van der Waals surface area contributed by atoms with Gasteiger partial charge in [0, 0.05) is 18.0 Å². The van der Waals surface area contributed by atoms with Gasteiger partial charge in [-0.25, -0.2) is 0 Å². The minimum Gasteiger partial charge on any atom is -0.372 e. The lowest BCUT2D eigenvalue weighted by molar-refractivity contribution is -0.0764. The van der Waals surface area contributed by atoms with Crippen LogP contribution in [-0.2, 0) is 4.74 Å². The molecule has 98 valence electrons. The predicted molar refractivity (Wildman–Crippen MR) is 74.6 cm³/mol. The molecule has 1 aromatic rings. The van der Waals surface area contributed by atoms with Gasteiger partial charge in [0.05, 0.1) is 22.8 Å². The first-order chi connectivity index (χ1) is 8.39. The lowest BCUT2D eigenvalue weighted by Gasteiger charge is -2.38. The van der Waals surface area contributed by atoms with Crippen molar-refractivity contribution in [2.45, 2.75) is 24.3 Å². The smallest absolute Gasteiger partial charge is 0.255 e. The van der Waals surface area contributed by atoms with Gasteiger partial charge in [-0.15, -0.1) is 12.6 Å². The Bertz CT molecular complexity index is 476. The second kappa shape index (κ2) is 5.11. The summed E-state index contributed by atoms with van der Waals surface area (Å²) in [6.45, 7) is 5.66. The third-order valence-electron chi connectivity index (χ3n) is 2.89. The number of hydrogen-bond acceptors (Lipinski definition) is 3. The summed E-state index contributed by atoms with van der Waals surface area (Å²) in [5, 5.41) is 0.460. The van der Waals surface area contributed by atoms with Crippen molar-refractivity contribution in [2.24, 2.45) is 0 Å². The molecule has 0 unspecified atom stereocenters. The molecule has 0 atom stereocenters. The van der Waals surface area contributed by atoms with Crippen LogP contribution in [0.1, 0.15) is 24.2 Å². The van der Waals surface area contributed by atoms with Crippen LogP contribution in [-0.4, -0.2) is 36.1 Å². The van der Waals surface area contributed by atoms with Crippen molar-refractivity contribution in [3.05, 3.63) is 28.8 Å². The number of nitrogens with zero attached hydrogens (tertiary/aromatic N) is 1. The van der Waals surface area contributed by atoms with Crippen molar-refractivity contribution in [3.63, 3.8) is 0 Å². The Morgan fingerprint density at radius 3 is 2.89 bits per heavy atom. The number of halogens is 1. The van der Waals surface area contributed by atoms with Crippen molar-refractivity contribution in [1.82, 2.24) is 4.90 Å². The molecule has 0 aromatic heterocycles. The molecule has 2 rings (SSSR count). The second-order valence-electron chi connectivity index (χ2n) is 5.00. The largest absolute Gasteiger partial charge is 0.372 e. The molecule has 1 amide bonds. The maximum Gasteiger partial charge on any atom is 0.255 e. The first-order valence-corrected chi connectivity index (χ1v) is 6.63. The Hall–Kier alpha value is -0.710. The topological polar surface area (TPSA) is 29.5 Å². The van der Waals surface area contributed by atoms with Gasteiger partial charge in [-0.3, -0.25) is 4.79 Å². The predicted octanol–water partition coefficient (Wildman–Crippen LogP) is 2.88. The van der Waals surface area contributed by atoms with E-state index in [1.165, 1.54) is 0 Å². The van der Waals surface area contributed by atoms with Crippen LogP contribution in [0, 0.1) is 0 Å². The van der Waals surface area contributed by atoms with Crippen LogP contribution in [0.3, 0.4) is 0 Å². The van der Waals surface area contributed by atoms with Gasteiger partial charge in [0.2, 0.25) is 0 Å². The van der Waals surface area contributed by atoms with Crippen LogP contribution in [0.2, 0.25) is 5.02 Å². The van der Waals surface area contributed by atoms with Gasteiger partial charge in [-0.2, -0.15) is 0 Å². The van der Waals surface area contributed by atoms with E-state index < -0.39 is 0 Å². The number of carbonyl (C=O) groups is 1. The van der Waals surface area contributed by atoms with Crippen LogP contribution in [0.4, 0.5) is 0 Å². The van der Waals surface area contributed by atoms with Gasteiger partial charge in [0.15, 0.2) is 0 Å². The highest BCUT2D eigenvalue weighted by molar-refractivity contribution is 7.80. The molecule has 0 N–H and O–H groups in total. The van der Waals surface area contributed by atoms with E-state index in [1.807, 2.05) is 13.8 Å². The van der Waals surface area contributed by atoms with Gasteiger partial charge < -0.3 is 9.64 Å². The number of carbonyl (C=O) groups excluding carboxylic acids is 1. The first-order valence-electron chi connectivity index (χ1n) is 5.81. The van der Waals surface area contributed by atoms with E-state index >= 15 is 0 Å². The summed E-state index contributed by atoms with van der Waals surface area (Å²) in [4.78, 5) is 14.9. The fourth-order valence-corrected chi connectivity index (χ4v) is 2.44. The highest BCUT2D eigenvalue weighted by Gasteiger charge is 2.31. The molecule has 0 bridgehead atoms. The Morgan fingerprint density at radius 2 is 2.22 bits per heavy atom. The summed E-state index contributed by atoms with van der Waals surface area (Å²) in [7, 11) is 0. The number of morpholine rings is 1. The number of benzene rings is 1. The molecule has 18 heavy (non-hydrogen) atoms. The molecule has 0 radical (unpaired) electrons. The van der Waals surface area contributed by atoms with Crippen LogP contribution in [0.15, 0.2) is 23.1 Å². The third kappa shape index (κ3) is 2.99. The lowest BCUT2D eigenvalue weighted by Crippen LogP contribution is -2.50. The molecule has 0 aliphatic carbocycles. The van der Waals surface area contributed by atoms with E-state index in [0.29, 0.717) is 30.3 Å². The molecule has 1 heterocycles. The second-order valence-corrected chi connectivity index (χ2v) is 5.92. The molecule has 5 heteroatoms. The van der Waals surface area contributed by atoms with E-state index in [9.17, 15) is 4.79 Å². The summed E-state index contributed by atoms with van der Waals surface area (Å²) in [5.74, 6) is -0.0627. The van der Waals surface area contributed by atoms with Crippen LogP contribution < -0.4 is 0 Å². The van der Waals surface area contributed by atoms with Gasteiger partial charge >= 0.3 is 0 Å². The minimum absolute atomic E-state index is 0.0627. The van der Waals surface area contributed by atoms with Crippen LogP contribution >= 0.6 is 24.2 Å². The Morgan fingerprint density at radius 1 is 1.50 bits per heavy atom.